The molecular formula is C17H18FNO2. The van der Waals surface area contributed by atoms with Crippen LogP contribution < -0.4 is 0 Å². The van der Waals surface area contributed by atoms with Crippen molar-refractivity contribution in [2.45, 2.75) is 6.61 Å². The minimum Gasteiger partial charge on any atom is -0.380 e. The summed E-state index contributed by atoms with van der Waals surface area (Å²) in [5, 5.41) is 0. The zero-order chi connectivity index (χ0) is 15.4. The zero-order valence-electron chi connectivity index (χ0n) is 12.4. The third-order valence-corrected chi connectivity index (χ3v) is 3.19. The summed E-state index contributed by atoms with van der Waals surface area (Å²) in [6, 6.07) is 11.8. The number of benzene rings is 2. The van der Waals surface area contributed by atoms with Crippen molar-refractivity contribution in [3.05, 3.63) is 59.4 Å². The molecule has 21 heavy (non-hydrogen) atoms. The fraction of sp³-hybridized carbons (Fsp3) is 0.235. The number of methoxy groups -OCH3 is 1. The Bertz CT molecular complexity index is 653. The van der Waals surface area contributed by atoms with Gasteiger partial charge in [-0.05, 0) is 41.0 Å². The molecule has 0 saturated heterocycles. The summed E-state index contributed by atoms with van der Waals surface area (Å²) in [6.45, 7) is 0.362. The fourth-order valence-corrected chi connectivity index (χ4v) is 2.20. The monoisotopic (exact) mass is 287 g/mol. The summed E-state index contributed by atoms with van der Waals surface area (Å²) < 4.78 is 18.6. The Morgan fingerprint density at radius 2 is 1.95 bits per heavy atom. The van der Waals surface area contributed by atoms with E-state index in [1.165, 1.54) is 17.0 Å². The molecule has 0 N–H and O–H groups in total. The molecule has 110 valence electrons. The van der Waals surface area contributed by atoms with E-state index in [4.69, 9.17) is 4.74 Å². The third kappa shape index (κ3) is 3.47. The van der Waals surface area contributed by atoms with Crippen molar-refractivity contribution in [1.29, 1.82) is 0 Å². The summed E-state index contributed by atoms with van der Waals surface area (Å²) >= 11 is 0. The lowest BCUT2D eigenvalue weighted by Crippen LogP contribution is -2.21. The van der Waals surface area contributed by atoms with E-state index in [0.717, 1.165) is 16.7 Å². The van der Waals surface area contributed by atoms with Crippen LogP contribution in [0.25, 0.3) is 11.1 Å². The predicted molar refractivity (Wildman–Crippen MR) is 80.6 cm³/mol. The van der Waals surface area contributed by atoms with Crippen molar-refractivity contribution >= 4 is 5.91 Å². The quantitative estimate of drug-likeness (QED) is 0.863. The van der Waals surface area contributed by atoms with Crippen LogP contribution in [0, 0.1) is 5.82 Å². The first-order valence-corrected chi connectivity index (χ1v) is 6.62. The summed E-state index contributed by atoms with van der Waals surface area (Å²) in [5.41, 5.74) is 3.08. The lowest BCUT2D eigenvalue weighted by atomic mass is 9.97. The van der Waals surface area contributed by atoms with Crippen molar-refractivity contribution < 1.29 is 13.9 Å². The highest BCUT2D eigenvalue weighted by Gasteiger charge is 2.12. The average Bonchev–Trinajstić information content (AvgIpc) is 2.46. The van der Waals surface area contributed by atoms with Gasteiger partial charge >= 0.3 is 0 Å². The molecule has 4 heteroatoms. The molecule has 0 fully saturated rings. The largest absolute Gasteiger partial charge is 0.380 e. The van der Waals surface area contributed by atoms with Crippen molar-refractivity contribution in [2.75, 3.05) is 21.2 Å². The fourth-order valence-electron chi connectivity index (χ4n) is 2.20. The number of halogens is 1. The zero-order valence-corrected chi connectivity index (χ0v) is 12.4. The number of rotatable bonds is 4. The van der Waals surface area contributed by atoms with Crippen LogP contribution in [-0.2, 0) is 11.3 Å². The number of hydrogen-bond donors (Lipinski definition) is 0. The molecule has 0 unspecified atom stereocenters. The second kappa shape index (κ2) is 6.50. The maximum atomic E-state index is 13.4. The highest BCUT2D eigenvalue weighted by atomic mass is 19.1. The summed E-state index contributed by atoms with van der Waals surface area (Å²) in [5.74, 6) is -0.359. The van der Waals surface area contributed by atoms with Crippen LogP contribution in [0.5, 0.6) is 0 Å². The van der Waals surface area contributed by atoms with Crippen LogP contribution in [0.4, 0.5) is 4.39 Å². The standard InChI is InChI=1S/C17H18FNO2/c1-19(2)17(20)13-7-8-16(14(9-13)11-21-3)12-5-4-6-15(18)10-12/h4-10H,11H2,1-3H3. The van der Waals surface area contributed by atoms with E-state index in [-0.39, 0.29) is 11.7 Å². The van der Waals surface area contributed by atoms with Crippen molar-refractivity contribution in [1.82, 2.24) is 4.90 Å². The van der Waals surface area contributed by atoms with E-state index >= 15 is 0 Å². The normalized spacial score (nSPS) is 10.5. The Labute approximate surface area is 124 Å². The van der Waals surface area contributed by atoms with Gasteiger partial charge in [-0.1, -0.05) is 18.2 Å². The number of hydrogen-bond acceptors (Lipinski definition) is 2. The Morgan fingerprint density at radius 1 is 1.19 bits per heavy atom. The van der Waals surface area contributed by atoms with Crippen LogP contribution in [-0.4, -0.2) is 32.0 Å². The third-order valence-electron chi connectivity index (χ3n) is 3.19. The molecule has 0 aliphatic rings. The summed E-state index contributed by atoms with van der Waals surface area (Å²) in [7, 11) is 5.01. The lowest BCUT2D eigenvalue weighted by Gasteiger charge is -2.14. The smallest absolute Gasteiger partial charge is 0.253 e. The number of amides is 1. The molecule has 2 aromatic carbocycles. The first-order valence-electron chi connectivity index (χ1n) is 6.62. The topological polar surface area (TPSA) is 29.5 Å². The van der Waals surface area contributed by atoms with E-state index < -0.39 is 0 Å². The maximum Gasteiger partial charge on any atom is 0.253 e. The van der Waals surface area contributed by atoms with Gasteiger partial charge in [-0.15, -0.1) is 0 Å². The number of ether oxygens (including phenoxy) is 1. The van der Waals surface area contributed by atoms with Crippen LogP contribution >= 0.6 is 0 Å². The molecule has 2 aromatic rings. The molecule has 0 bridgehead atoms. The van der Waals surface area contributed by atoms with Gasteiger partial charge in [0.15, 0.2) is 0 Å². The number of carbonyl (C=O) groups excluding carboxylic acids is 1. The van der Waals surface area contributed by atoms with Gasteiger partial charge in [0.05, 0.1) is 6.61 Å². The van der Waals surface area contributed by atoms with Gasteiger partial charge in [-0.2, -0.15) is 0 Å². The van der Waals surface area contributed by atoms with Gasteiger partial charge in [0.2, 0.25) is 0 Å². The minimum atomic E-state index is -0.288. The lowest BCUT2D eigenvalue weighted by molar-refractivity contribution is 0.0827. The van der Waals surface area contributed by atoms with E-state index in [0.29, 0.717) is 12.2 Å². The molecule has 1 amide bonds. The van der Waals surface area contributed by atoms with E-state index in [1.54, 1.807) is 39.4 Å². The molecule has 0 radical (unpaired) electrons. The van der Waals surface area contributed by atoms with Crippen LogP contribution in [0.2, 0.25) is 0 Å². The molecular weight excluding hydrogens is 269 g/mol. The van der Waals surface area contributed by atoms with Crippen LogP contribution in [0.15, 0.2) is 42.5 Å². The average molecular weight is 287 g/mol. The second-order valence-electron chi connectivity index (χ2n) is 5.01. The SMILES string of the molecule is COCc1cc(C(=O)N(C)C)ccc1-c1cccc(F)c1. The Morgan fingerprint density at radius 3 is 2.57 bits per heavy atom. The molecule has 0 spiro atoms. The maximum absolute atomic E-state index is 13.4. The van der Waals surface area contributed by atoms with Crippen molar-refractivity contribution in [2.24, 2.45) is 0 Å². The Hall–Kier alpha value is -2.20. The second-order valence-corrected chi connectivity index (χ2v) is 5.01. The van der Waals surface area contributed by atoms with Gasteiger partial charge in [0.25, 0.3) is 5.91 Å². The molecule has 0 aliphatic heterocycles. The Kier molecular flexibility index (Phi) is 4.70. The van der Waals surface area contributed by atoms with E-state index in [9.17, 15) is 9.18 Å². The van der Waals surface area contributed by atoms with Gasteiger partial charge in [-0.25, -0.2) is 4.39 Å². The molecule has 0 saturated carbocycles. The van der Waals surface area contributed by atoms with Gasteiger partial charge in [-0.3, -0.25) is 4.79 Å². The van der Waals surface area contributed by atoms with E-state index in [2.05, 4.69) is 0 Å². The highest BCUT2D eigenvalue weighted by Crippen LogP contribution is 2.26. The van der Waals surface area contributed by atoms with Gasteiger partial charge in [0.1, 0.15) is 5.82 Å². The molecule has 0 heterocycles. The van der Waals surface area contributed by atoms with Gasteiger partial charge < -0.3 is 9.64 Å². The number of nitrogens with zero attached hydrogens (tertiary/aromatic N) is 1. The van der Waals surface area contributed by atoms with Crippen molar-refractivity contribution in [3.63, 3.8) is 0 Å². The minimum absolute atomic E-state index is 0.0712. The molecule has 0 aromatic heterocycles. The highest BCUT2D eigenvalue weighted by molar-refractivity contribution is 5.94. The first-order chi connectivity index (χ1) is 10.0. The molecule has 0 atom stereocenters. The van der Waals surface area contributed by atoms with Crippen molar-refractivity contribution in [3.8, 4) is 11.1 Å². The van der Waals surface area contributed by atoms with Crippen LogP contribution in [0.1, 0.15) is 15.9 Å². The molecule has 0 aliphatic carbocycles. The molecule has 3 nitrogen and oxygen atoms in total. The van der Waals surface area contributed by atoms with Gasteiger partial charge in [0, 0.05) is 26.8 Å². The Balaban J connectivity index is 2.49. The van der Waals surface area contributed by atoms with Crippen LogP contribution in [0.3, 0.4) is 0 Å². The summed E-state index contributed by atoms with van der Waals surface area (Å²) in [6.07, 6.45) is 0. The predicted octanol–water partition coefficient (Wildman–Crippen LogP) is 3.34. The number of carbonyl (C=O) groups is 1. The molecule has 2 rings (SSSR count). The first kappa shape index (κ1) is 15.2. The summed E-state index contributed by atoms with van der Waals surface area (Å²) in [4.78, 5) is 13.5. The van der Waals surface area contributed by atoms with E-state index in [1.807, 2.05) is 12.1 Å².